The monoisotopic (exact) mass is 599 g/mol. The van der Waals surface area contributed by atoms with E-state index in [4.69, 9.17) is 44.6 Å². The van der Waals surface area contributed by atoms with E-state index in [2.05, 4.69) is 4.74 Å². The summed E-state index contributed by atoms with van der Waals surface area (Å²) >= 11 is 18.6. The van der Waals surface area contributed by atoms with Gasteiger partial charge in [0.15, 0.2) is 11.9 Å². The molecule has 0 saturated carbocycles. The van der Waals surface area contributed by atoms with Crippen LogP contribution in [0.1, 0.15) is 34.1 Å². The highest BCUT2D eigenvalue weighted by Crippen LogP contribution is 2.37. The number of rotatable bonds is 8. The highest BCUT2D eigenvalue weighted by atomic mass is 35.5. The highest BCUT2D eigenvalue weighted by molar-refractivity contribution is 6.43. The van der Waals surface area contributed by atoms with Gasteiger partial charge in [-0.25, -0.2) is 4.79 Å². The normalized spacial score (nSPS) is 12.4. The summed E-state index contributed by atoms with van der Waals surface area (Å²) in [4.78, 5) is 24.9. The number of carbonyl (C=O) groups is 2. The van der Waals surface area contributed by atoms with Gasteiger partial charge in [-0.05, 0) is 55.8 Å². The number of fused-ring (bicyclic) bond motifs is 1. The highest BCUT2D eigenvalue weighted by Gasteiger charge is 2.32. The molecule has 3 aromatic carbocycles. The number of hydrogen-bond acceptors (Lipinski definition) is 4. The topological polar surface area (TPSA) is 77.8 Å². The number of carbonyl (C=O) groups excluding carboxylic acids is 1. The number of alkyl halides is 3. The van der Waals surface area contributed by atoms with Crippen molar-refractivity contribution >= 4 is 57.5 Å². The van der Waals surface area contributed by atoms with E-state index >= 15 is 0 Å². The van der Waals surface area contributed by atoms with E-state index in [0.717, 1.165) is 6.07 Å². The summed E-state index contributed by atoms with van der Waals surface area (Å²) in [5.74, 6) is -1.87. The molecular formula is C27H19Cl3F3NO5. The average Bonchev–Trinajstić information content (AvgIpc) is 3.08. The molecule has 0 aliphatic rings. The molecule has 6 nitrogen and oxygen atoms in total. The molecular weight excluding hydrogens is 582 g/mol. The molecule has 0 bridgehead atoms. The maximum absolute atomic E-state index is 13.7. The van der Waals surface area contributed by atoms with Crippen molar-refractivity contribution in [2.24, 2.45) is 0 Å². The van der Waals surface area contributed by atoms with Crippen LogP contribution in [0, 0.1) is 6.92 Å². The van der Waals surface area contributed by atoms with Crippen molar-refractivity contribution in [3.63, 3.8) is 0 Å². The van der Waals surface area contributed by atoms with Crippen LogP contribution in [0.15, 0.2) is 54.6 Å². The summed E-state index contributed by atoms with van der Waals surface area (Å²) in [5.41, 5.74) is 1.52. The molecule has 4 rings (SSSR count). The second kappa shape index (κ2) is 11.0. The minimum absolute atomic E-state index is 0.00134. The zero-order valence-electron chi connectivity index (χ0n) is 20.3. The first kappa shape index (κ1) is 28.6. The van der Waals surface area contributed by atoms with E-state index in [9.17, 15) is 22.8 Å². The minimum Gasteiger partial charge on any atom is -0.479 e. The number of aliphatic carboxylic acids is 1. The van der Waals surface area contributed by atoms with Gasteiger partial charge in [-0.1, -0.05) is 46.9 Å². The smallest absolute Gasteiger partial charge is 0.479 e. The lowest BCUT2D eigenvalue weighted by Crippen LogP contribution is -2.22. The Balaban J connectivity index is 1.86. The molecule has 1 aromatic heterocycles. The van der Waals surface area contributed by atoms with Crippen LogP contribution in [-0.4, -0.2) is 33.9 Å². The van der Waals surface area contributed by atoms with Crippen LogP contribution in [-0.2, 0) is 11.3 Å². The first-order valence-electron chi connectivity index (χ1n) is 11.3. The molecule has 0 aliphatic heterocycles. The standard InChI is InChI=1S/C27H19Cl3F3NO5/c1-13-23(25(35)24-20(29)9-16(28)10-21(24)30)19-7-6-18(39-27(31,32)33)11-22(19)34(13)12-15-4-3-5-17(8-15)38-14(2)26(36)37/h3-11,14H,12H2,1-2H3,(H,36,37)/t14-/m1/s1. The van der Waals surface area contributed by atoms with Crippen LogP contribution in [0.5, 0.6) is 11.5 Å². The van der Waals surface area contributed by atoms with E-state index in [0.29, 0.717) is 16.6 Å². The van der Waals surface area contributed by atoms with E-state index in [1.54, 1.807) is 35.8 Å². The fourth-order valence-electron chi connectivity index (χ4n) is 4.18. The molecule has 0 radical (unpaired) electrons. The summed E-state index contributed by atoms with van der Waals surface area (Å²) in [5, 5.41) is 9.75. The van der Waals surface area contributed by atoms with E-state index < -0.39 is 30.0 Å². The van der Waals surface area contributed by atoms with Gasteiger partial charge < -0.3 is 19.1 Å². The third-order valence-corrected chi connectivity index (χ3v) is 6.70. The molecule has 39 heavy (non-hydrogen) atoms. The molecule has 4 aromatic rings. The minimum atomic E-state index is -4.92. The van der Waals surface area contributed by atoms with Gasteiger partial charge in [-0.3, -0.25) is 4.79 Å². The van der Waals surface area contributed by atoms with Gasteiger partial charge in [0, 0.05) is 28.7 Å². The molecule has 1 N–H and O–H groups in total. The van der Waals surface area contributed by atoms with Crippen LogP contribution in [0.3, 0.4) is 0 Å². The summed E-state index contributed by atoms with van der Waals surface area (Å²) < 4.78 is 50.1. The lowest BCUT2D eigenvalue weighted by Gasteiger charge is -2.14. The van der Waals surface area contributed by atoms with Crippen molar-refractivity contribution in [3.05, 3.63) is 92.0 Å². The number of halogens is 6. The van der Waals surface area contributed by atoms with E-state index in [-0.39, 0.29) is 44.0 Å². The quantitative estimate of drug-likeness (QED) is 0.208. The van der Waals surface area contributed by atoms with E-state index in [1.165, 1.54) is 31.2 Å². The van der Waals surface area contributed by atoms with Crippen LogP contribution < -0.4 is 9.47 Å². The van der Waals surface area contributed by atoms with Crippen molar-refractivity contribution in [1.82, 2.24) is 4.57 Å². The van der Waals surface area contributed by atoms with Crippen molar-refractivity contribution < 1.29 is 37.3 Å². The Hall–Kier alpha value is -3.40. The number of nitrogens with zero attached hydrogens (tertiary/aromatic N) is 1. The largest absolute Gasteiger partial charge is 0.573 e. The zero-order valence-corrected chi connectivity index (χ0v) is 22.5. The lowest BCUT2D eigenvalue weighted by molar-refractivity contribution is -0.274. The van der Waals surface area contributed by atoms with Gasteiger partial charge in [0.2, 0.25) is 0 Å². The Bertz CT molecular complexity index is 1580. The van der Waals surface area contributed by atoms with Crippen molar-refractivity contribution in [3.8, 4) is 11.5 Å². The van der Waals surface area contributed by atoms with Crippen molar-refractivity contribution in [2.75, 3.05) is 0 Å². The molecule has 0 saturated heterocycles. The number of ketones is 1. The Morgan fingerprint density at radius 2 is 1.64 bits per heavy atom. The Kier molecular flexibility index (Phi) is 8.07. The van der Waals surface area contributed by atoms with Crippen LogP contribution in [0.25, 0.3) is 10.9 Å². The molecule has 0 unspecified atom stereocenters. The molecule has 1 atom stereocenters. The first-order valence-corrected chi connectivity index (χ1v) is 12.4. The van der Waals surface area contributed by atoms with Crippen LogP contribution >= 0.6 is 34.8 Å². The number of carboxylic acids is 1. The molecule has 1 heterocycles. The third kappa shape index (κ3) is 6.27. The predicted octanol–water partition coefficient (Wildman–Crippen LogP) is 7.94. The Morgan fingerprint density at radius 1 is 0.974 bits per heavy atom. The van der Waals surface area contributed by atoms with Crippen LogP contribution in [0.2, 0.25) is 15.1 Å². The number of carboxylic acid groups (broad SMARTS) is 1. The number of hydrogen-bond donors (Lipinski definition) is 1. The molecule has 0 aliphatic carbocycles. The van der Waals surface area contributed by atoms with Gasteiger partial charge in [0.05, 0.1) is 26.7 Å². The van der Waals surface area contributed by atoms with Gasteiger partial charge in [-0.2, -0.15) is 0 Å². The molecule has 0 spiro atoms. The average molecular weight is 601 g/mol. The summed E-state index contributed by atoms with van der Waals surface area (Å²) in [6, 6.07) is 13.0. The number of aromatic nitrogens is 1. The van der Waals surface area contributed by atoms with Crippen molar-refractivity contribution in [1.29, 1.82) is 0 Å². The van der Waals surface area contributed by atoms with Gasteiger partial charge >= 0.3 is 12.3 Å². The van der Waals surface area contributed by atoms with Gasteiger partial charge in [0.1, 0.15) is 11.5 Å². The van der Waals surface area contributed by atoms with Gasteiger partial charge in [-0.15, -0.1) is 13.2 Å². The molecule has 0 fully saturated rings. The first-order chi connectivity index (χ1) is 18.2. The zero-order chi connectivity index (χ0) is 28.6. The van der Waals surface area contributed by atoms with Crippen LogP contribution in [0.4, 0.5) is 13.2 Å². The lowest BCUT2D eigenvalue weighted by atomic mass is 10.00. The fraction of sp³-hybridized carbons (Fsp3) is 0.185. The number of ether oxygens (including phenoxy) is 2. The molecule has 0 amide bonds. The summed E-state index contributed by atoms with van der Waals surface area (Å²) in [6.45, 7) is 3.12. The van der Waals surface area contributed by atoms with Crippen molar-refractivity contribution in [2.45, 2.75) is 32.9 Å². The maximum atomic E-state index is 13.7. The third-order valence-electron chi connectivity index (χ3n) is 5.89. The molecule has 12 heteroatoms. The SMILES string of the molecule is Cc1c(C(=O)c2c(Cl)cc(Cl)cc2Cl)c2ccc(OC(F)(F)F)cc2n1Cc1cccc(O[C@H](C)C(=O)O)c1. The second-order valence-corrected chi connectivity index (χ2v) is 9.84. The molecule has 204 valence electrons. The maximum Gasteiger partial charge on any atom is 0.573 e. The Morgan fingerprint density at radius 3 is 2.26 bits per heavy atom. The van der Waals surface area contributed by atoms with E-state index in [1.807, 2.05) is 0 Å². The van der Waals surface area contributed by atoms with Gasteiger partial charge in [0.25, 0.3) is 0 Å². The summed E-state index contributed by atoms with van der Waals surface area (Å²) in [7, 11) is 0. The number of benzene rings is 3. The predicted molar refractivity (Wildman–Crippen MR) is 142 cm³/mol. The summed E-state index contributed by atoms with van der Waals surface area (Å²) in [6.07, 6.45) is -6.02. The second-order valence-electron chi connectivity index (χ2n) is 8.59. The fourth-order valence-corrected chi connectivity index (χ4v) is 5.17. The Labute approximate surface area is 235 Å².